The van der Waals surface area contributed by atoms with E-state index in [0.717, 1.165) is 32.7 Å². The summed E-state index contributed by atoms with van der Waals surface area (Å²) in [5.74, 6) is 0.305. The molecule has 2 heterocycles. The van der Waals surface area contributed by atoms with Gasteiger partial charge in [0.15, 0.2) is 0 Å². The van der Waals surface area contributed by atoms with Gasteiger partial charge < -0.3 is 20.0 Å². The Balaban J connectivity index is 1.21. The van der Waals surface area contributed by atoms with Crippen LogP contribution < -0.4 is 15.1 Å². The van der Waals surface area contributed by atoms with E-state index in [1.54, 1.807) is 21.9 Å². The molecule has 216 valence electrons. The Morgan fingerprint density at radius 2 is 1.24 bits per heavy atom. The van der Waals surface area contributed by atoms with E-state index in [1.807, 2.05) is 48.5 Å². The SMILES string of the molecule is O=C(O)Nc1cc2c(c3ccccc13)[C@H](CCl)CN2C(=O)CCCC(=O)N1C[C@@H](CCl)c2c1cc(O)c1ccccc21. The first-order valence-corrected chi connectivity index (χ1v) is 14.9. The van der Waals surface area contributed by atoms with Crippen LogP contribution in [0, 0.1) is 0 Å². The van der Waals surface area contributed by atoms with Crippen LogP contribution in [0.1, 0.15) is 42.2 Å². The average Bonchev–Trinajstić information content (AvgIpc) is 3.55. The molecule has 0 saturated carbocycles. The highest BCUT2D eigenvalue weighted by atomic mass is 35.5. The molecule has 0 spiro atoms. The molecule has 2 aliphatic rings. The van der Waals surface area contributed by atoms with Gasteiger partial charge in [-0.25, -0.2) is 4.79 Å². The molecule has 10 heteroatoms. The van der Waals surface area contributed by atoms with Crippen LogP contribution >= 0.6 is 23.2 Å². The summed E-state index contributed by atoms with van der Waals surface area (Å²) >= 11 is 12.6. The Labute approximate surface area is 252 Å². The molecule has 8 nitrogen and oxygen atoms in total. The summed E-state index contributed by atoms with van der Waals surface area (Å²) in [5.41, 5.74) is 3.59. The van der Waals surface area contributed by atoms with Crippen LogP contribution in [0.4, 0.5) is 21.9 Å². The first-order chi connectivity index (χ1) is 20.3. The first kappa shape index (κ1) is 28.1. The molecule has 0 unspecified atom stereocenters. The number of benzene rings is 4. The van der Waals surface area contributed by atoms with E-state index in [1.165, 1.54) is 0 Å². The zero-order valence-corrected chi connectivity index (χ0v) is 24.2. The van der Waals surface area contributed by atoms with Gasteiger partial charge >= 0.3 is 6.09 Å². The third kappa shape index (κ3) is 4.78. The molecule has 0 bridgehead atoms. The van der Waals surface area contributed by atoms with Gasteiger partial charge in [-0.05, 0) is 34.4 Å². The second-order valence-electron chi connectivity index (χ2n) is 10.8. The van der Waals surface area contributed by atoms with Crippen molar-refractivity contribution in [3.8, 4) is 5.75 Å². The second kappa shape index (κ2) is 11.3. The highest BCUT2D eigenvalue weighted by molar-refractivity contribution is 6.19. The standard InChI is InChI=1S/C32H29Cl2N3O5/c33-14-18-16-36(25-12-24(35-32(41)42)20-6-1-3-8-22(20)30(18)25)28(39)10-5-11-29(40)37-17-19(15-34)31-23-9-4-2-7-21(23)27(38)13-26(31)37/h1-4,6-9,12-13,18-19,35,38H,5,10-11,14-17H2,(H,41,42)/t18-,19-/m1/s1. The Morgan fingerprint density at radius 3 is 1.76 bits per heavy atom. The lowest BCUT2D eigenvalue weighted by atomic mass is 9.95. The normalized spacial score (nSPS) is 17.5. The number of nitrogens with one attached hydrogen (secondary N) is 1. The van der Waals surface area contributed by atoms with E-state index < -0.39 is 6.09 Å². The smallest absolute Gasteiger partial charge is 0.409 e. The molecule has 0 radical (unpaired) electrons. The molecule has 2 aliphatic heterocycles. The average molecular weight is 607 g/mol. The molecule has 3 amide bonds. The van der Waals surface area contributed by atoms with E-state index in [4.69, 9.17) is 23.2 Å². The number of phenols is 1. The number of phenolic OH excluding ortho intramolecular Hbond substituents is 1. The number of carbonyl (C=O) groups excluding carboxylic acids is 2. The van der Waals surface area contributed by atoms with Crippen LogP contribution in [0.2, 0.25) is 0 Å². The van der Waals surface area contributed by atoms with Crippen molar-refractivity contribution in [1.29, 1.82) is 0 Å². The van der Waals surface area contributed by atoms with Crippen molar-refractivity contribution in [2.45, 2.75) is 31.1 Å². The fourth-order valence-electron chi connectivity index (χ4n) is 6.48. The highest BCUT2D eigenvalue weighted by Crippen LogP contribution is 2.46. The maximum atomic E-state index is 13.5. The van der Waals surface area contributed by atoms with Gasteiger partial charge in [-0.2, -0.15) is 0 Å². The summed E-state index contributed by atoms with van der Waals surface area (Å²) in [6.45, 7) is 0.803. The molecular formula is C32H29Cl2N3O5. The molecular weight excluding hydrogens is 577 g/mol. The summed E-state index contributed by atoms with van der Waals surface area (Å²) in [6, 6.07) is 18.3. The second-order valence-corrected chi connectivity index (χ2v) is 11.4. The first-order valence-electron chi connectivity index (χ1n) is 13.8. The van der Waals surface area contributed by atoms with Crippen LogP contribution in [-0.4, -0.2) is 53.0 Å². The Kier molecular flexibility index (Phi) is 7.60. The Morgan fingerprint density at radius 1 is 0.762 bits per heavy atom. The van der Waals surface area contributed by atoms with Gasteiger partial charge in [0.25, 0.3) is 0 Å². The molecule has 0 aromatic heterocycles. The monoisotopic (exact) mass is 605 g/mol. The van der Waals surface area contributed by atoms with Crippen molar-refractivity contribution in [2.75, 3.05) is 40.0 Å². The molecule has 42 heavy (non-hydrogen) atoms. The van der Waals surface area contributed by atoms with Gasteiger partial charge in [-0.1, -0.05) is 48.5 Å². The van der Waals surface area contributed by atoms with Crippen molar-refractivity contribution in [1.82, 2.24) is 0 Å². The van der Waals surface area contributed by atoms with E-state index in [-0.39, 0.29) is 42.2 Å². The van der Waals surface area contributed by atoms with Crippen LogP contribution in [0.25, 0.3) is 21.5 Å². The molecule has 0 saturated heterocycles. The Hall–Kier alpha value is -4.01. The third-order valence-corrected chi connectivity index (χ3v) is 9.05. The number of carbonyl (C=O) groups is 3. The van der Waals surface area contributed by atoms with Crippen molar-refractivity contribution in [3.05, 3.63) is 71.8 Å². The number of fused-ring (bicyclic) bond motifs is 6. The topological polar surface area (TPSA) is 110 Å². The van der Waals surface area contributed by atoms with E-state index in [2.05, 4.69) is 5.32 Å². The molecule has 4 aromatic carbocycles. The summed E-state index contributed by atoms with van der Waals surface area (Å²) in [5, 5.41) is 25.7. The zero-order chi connectivity index (χ0) is 29.5. The van der Waals surface area contributed by atoms with E-state index >= 15 is 0 Å². The predicted molar refractivity (Wildman–Crippen MR) is 167 cm³/mol. The zero-order valence-electron chi connectivity index (χ0n) is 22.6. The minimum absolute atomic E-state index is 0.0604. The third-order valence-electron chi connectivity index (χ3n) is 8.31. The van der Waals surface area contributed by atoms with Gasteiger partial charge in [-0.3, -0.25) is 14.9 Å². The quantitative estimate of drug-likeness (QED) is 0.196. The number of anilines is 3. The number of carboxylic acid groups (broad SMARTS) is 1. The van der Waals surface area contributed by atoms with Crippen LogP contribution in [0.3, 0.4) is 0 Å². The fourth-order valence-corrected chi connectivity index (χ4v) is 6.98. The van der Waals surface area contributed by atoms with E-state index in [0.29, 0.717) is 48.3 Å². The number of aromatic hydroxyl groups is 1. The van der Waals surface area contributed by atoms with Crippen molar-refractivity contribution in [2.24, 2.45) is 0 Å². The maximum absolute atomic E-state index is 13.5. The summed E-state index contributed by atoms with van der Waals surface area (Å²) in [4.78, 5) is 41.7. The summed E-state index contributed by atoms with van der Waals surface area (Å²) < 4.78 is 0. The number of hydrogen-bond donors (Lipinski definition) is 3. The Bertz CT molecular complexity index is 1740. The summed E-state index contributed by atoms with van der Waals surface area (Å²) in [6.07, 6.45) is -0.571. The number of alkyl halides is 2. The number of hydrogen-bond acceptors (Lipinski definition) is 4. The fraction of sp³-hybridized carbons (Fsp3) is 0.281. The highest BCUT2D eigenvalue weighted by Gasteiger charge is 2.36. The van der Waals surface area contributed by atoms with Gasteiger partial charge in [0.1, 0.15) is 5.75 Å². The number of halogens is 2. The van der Waals surface area contributed by atoms with Crippen LogP contribution in [0.5, 0.6) is 5.75 Å². The van der Waals surface area contributed by atoms with Crippen LogP contribution in [-0.2, 0) is 9.59 Å². The molecule has 6 rings (SSSR count). The number of rotatable bonds is 7. The maximum Gasteiger partial charge on any atom is 0.409 e. The van der Waals surface area contributed by atoms with Gasteiger partial charge in [0.05, 0.1) is 11.4 Å². The van der Waals surface area contributed by atoms with Crippen molar-refractivity contribution < 1.29 is 24.6 Å². The number of amides is 3. The van der Waals surface area contributed by atoms with Gasteiger partial charge in [0, 0.05) is 72.1 Å². The lowest BCUT2D eigenvalue weighted by Crippen LogP contribution is -2.32. The largest absolute Gasteiger partial charge is 0.507 e. The van der Waals surface area contributed by atoms with Gasteiger partial charge in [0.2, 0.25) is 11.8 Å². The molecule has 0 aliphatic carbocycles. The minimum atomic E-state index is -1.19. The summed E-state index contributed by atoms with van der Waals surface area (Å²) in [7, 11) is 0. The van der Waals surface area contributed by atoms with E-state index in [9.17, 15) is 24.6 Å². The molecule has 0 fully saturated rings. The van der Waals surface area contributed by atoms with Crippen molar-refractivity contribution >= 4 is 79.7 Å². The minimum Gasteiger partial charge on any atom is -0.507 e. The van der Waals surface area contributed by atoms with Crippen molar-refractivity contribution in [3.63, 3.8) is 0 Å². The number of nitrogens with zero attached hydrogens (tertiary/aromatic N) is 2. The predicted octanol–water partition coefficient (Wildman–Crippen LogP) is 7.00. The molecule has 2 atom stereocenters. The van der Waals surface area contributed by atoms with Crippen LogP contribution in [0.15, 0.2) is 60.7 Å². The lowest BCUT2D eigenvalue weighted by Gasteiger charge is -2.20. The lowest BCUT2D eigenvalue weighted by molar-refractivity contribution is -0.119. The molecule has 3 N–H and O–H groups in total. The van der Waals surface area contributed by atoms with Gasteiger partial charge in [-0.15, -0.1) is 23.2 Å². The molecule has 4 aromatic rings.